The number of carbonyl (C=O) groups is 1. The van der Waals surface area contributed by atoms with Crippen molar-refractivity contribution in [2.24, 2.45) is 0 Å². The van der Waals surface area contributed by atoms with Crippen LogP contribution in [0.4, 0.5) is 10.1 Å². The van der Waals surface area contributed by atoms with E-state index in [-0.39, 0.29) is 5.91 Å². The van der Waals surface area contributed by atoms with Gasteiger partial charge in [-0.25, -0.2) is 4.39 Å². The Morgan fingerprint density at radius 1 is 1.55 bits per heavy atom. The van der Waals surface area contributed by atoms with Gasteiger partial charge in [0, 0.05) is 36.4 Å². The Hall–Kier alpha value is -1.62. The van der Waals surface area contributed by atoms with Gasteiger partial charge in [0.2, 0.25) is 0 Å². The molecule has 1 saturated heterocycles. The first-order valence-electron chi connectivity index (χ1n) is 6.91. The number of anilines is 1. The maximum Gasteiger partial charge on any atom is 0.253 e. The molecule has 20 heavy (non-hydrogen) atoms. The van der Waals surface area contributed by atoms with Crippen molar-refractivity contribution in [3.05, 3.63) is 29.1 Å². The molecule has 2 N–H and O–H groups in total. The van der Waals surface area contributed by atoms with Crippen molar-refractivity contribution < 1.29 is 9.18 Å². The van der Waals surface area contributed by atoms with Gasteiger partial charge in [0.05, 0.1) is 0 Å². The monoisotopic (exact) mass is 279 g/mol. The van der Waals surface area contributed by atoms with Gasteiger partial charge in [-0.15, -0.1) is 0 Å². The number of hydrogen-bond acceptors (Lipinski definition) is 3. The van der Waals surface area contributed by atoms with Crippen LogP contribution in [0.3, 0.4) is 0 Å². The van der Waals surface area contributed by atoms with Crippen LogP contribution in [0.25, 0.3) is 0 Å². The molecule has 1 aliphatic rings. The van der Waals surface area contributed by atoms with Crippen molar-refractivity contribution >= 4 is 11.6 Å². The smallest absolute Gasteiger partial charge is 0.253 e. The lowest BCUT2D eigenvalue weighted by Gasteiger charge is -2.26. The second kappa shape index (κ2) is 5.79. The number of hydrogen-bond donors (Lipinski definition) is 1. The molecule has 5 heteroatoms. The Morgan fingerprint density at radius 3 is 2.80 bits per heavy atom. The number of nitrogens with two attached hydrogens (primary N) is 1. The summed E-state index contributed by atoms with van der Waals surface area (Å²) >= 11 is 0. The summed E-state index contributed by atoms with van der Waals surface area (Å²) in [5, 5.41) is 0. The van der Waals surface area contributed by atoms with E-state index in [1.54, 1.807) is 24.9 Å². The molecular formula is C15H22FN3O. The maximum atomic E-state index is 13.7. The summed E-state index contributed by atoms with van der Waals surface area (Å²) < 4.78 is 13.7. The second-order valence-corrected chi connectivity index (χ2v) is 5.63. The van der Waals surface area contributed by atoms with Gasteiger partial charge < -0.3 is 15.5 Å². The van der Waals surface area contributed by atoms with E-state index in [0.29, 0.717) is 29.4 Å². The van der Waals surface area contributed by atoms with Crippen LogP contribution in [0, 0.1) is 12.7 Å². The van der Waals surface area contributed by atoms with E-state index in [4.69, 9.17) is 5.73 Å². The minimum absolute atomic E-state index is 0.184. The zero-order valence-corrected chi connectivity index (χ0v) is 12.3. The Kier molecular flexibility index (Phi) is 4.28. The standard InChI is InChI=1S/C15H22FN3O/c1-10-13(16)7-11(8-14(10)17)15(20)19(3)9-12-5-4-6-18(12)2/h7-8,12H,4-6,9,17H2,1-3H3. The van der Waals surface area contributed by atoms with Crippen LogP contribution in [0.5, 0.6) is 0 Å². The van der Waals surface area contributed by atoms with Gasteiger partial charge in [-0.05, 0) is 45.5 Å². The van der Waals surface area contributed by atoms with Crippen molar-refractivity contribution in [1.29, 1.82) is 0 Å². The van der Waals surface area contributed by atoms with Gasteiger partial charge in [0.25, 0.3) is 5.91 Å². The largest absolute Gasteiger partial charge is 0.398 e. The number of benzene rings is 1. The molecular weight excluding hydrogens is 257 g/mol. The highest BCUT2D eigenvalue weighted by molar-refractivity contribution is 5.95. The van der Waals surface area contributed by atoms with Crippen molar-refractivity contribution in [1.82, 2.24) is 9.80 Å². The predicted molar refractivity (Wildman–Crippen MR) is 78.2 cm³/mol. The summed E-state index contributed by atoms with van der Waals surface area (Å²) in [4.78, 5) is 16.2. The van der Waals surface area contributed by atoms with Gasteiger partial charge in [0.15, 0.2) is 0 Å². The molecule has 0 saturated carbocycles. The zero-order chi connectivity index (χ0) is 14.9. The fourth-order valence-electron chi connectivity index (χ4n) is 2.65. The molecule has 1 aromatic rings. The average Bonchev–Trinajstić information content (AvgIpc) is 2.80. The molecule has 0 spiro atoms. The van der Waals surface area contributed by atoms with Crippen molar-refractivity contribution in [3.8, 4) is 0 Å². The molecule has 1 aromatic carbocycles. The minimum Gasteiger partial charge on any atom is -0.398 e. The third-order valence-electron chi connectivity index (χ3n) is 4.13. The Bertz CT molecular complexity index is 495. The highest BCUT2D eigenvalue weighted by Crippen LogP contribution is 2.20. The third-order valence-corrected chi connectivity index (χ3v) is 4.13. The highest BCUT2D eigenvalue weighted by atomic mass is 19.1. The van der Waals surface area contributed by atoms with E-state index in [1.165, 1.54) is 6.07 Å². The third kappa shape index (κ3) is 2.93. The van der Waals surface area contributed by atoms with Crippen LogP contribution >= 0.6 is 0 Å². The van der Waals surface area contributed by atoms with E-state index >= 15 is 0 Å². The minimum atomic E-state index is -0.431. The molecule has 1 amide bonds. The molecule has 0 aromatic heterocycles. The number of carbonyl (C=O) groups excluding carboxylic acids is 1. The predicted octanol–water partition coefficient (Wildman–Crippen LogP) is 1.88. The molecule has 0 radical (unpaired) electrons. The summed E-state index contributed by atoms with van der Waals surface area (Å²) in [6.45, 7) is 3.33. The normalized spacial score (nSPS) is 19.3. The van der Waals surface area contributed by atoms with Crippen LogP contribution in [0.1, 0.15) is 28.8 Å². The Labute approximate surface area is 119 Å². The van der Waals surface area contributed by atoms with Crippen LogP contribution in [0.15, 0.2) is 12.1 Å². The number of nitrogens with zero attached hydrogens (tertiary/aromatic N) is 2. The number of likely N-dealkylation sites (N-methyl/N-ethyl adjacent to an activating group) is 2. The number of halogens is 1. The number of amides is 1. The van der Waals surface area contributed by atoms with Gasteiger partial charge in [0.1, 0.15) is 5.82 Å². The molecule has 4 nitrogen and oxygen atoms in total. The maximum absolute atomic E-state index is 13.7. The number of likely N-dealkylation sites (tertiary alicyclic amines) is 1. The van der Waals surface area contributed by atoms with Crippen LogP contribution in [0.2, 0.25) is 0 Å². The molecule has 1 aliphatic heterocycles. The highest BCUT2D eigenvalue weighted by Gasteiger charge is 2.24. The molecule has 2 rings (SSSR count). The molecule has 1 unspecified atom stereocenters. The summed E-state index contributed by atoms with van der Waals surface area (Å²) in [7, 11) is 3.82. The lowest BCUT2D eigenvalue weighted by Crippen LogP contribution is -2.39. The molecule has 1 atom stereocenters. The van der Waals surface area contributed by atoms with Gasteiger partial charge in [-0.1, -0.05) is 0 Å². The molecule has 0 bridgehead atoms. The molecule has 110 valence electrons. The summed E-state index contributed by atoms with van der Waals surface area (Å²) in [5.41, 5.74) is 6.75. The van der Waals surface area contributed by atoms with Gasteiger partial charge >= 0.3 is 0 Å². The van der Waals surface area contributed by atoms with Gasteiger partial charge in [-0.2, -0.15) is 0 Å². The molecule has 0 aliphatic carbocycles. The topological polar surface area (TPSA) is 49.6 Å². The van der Waals surface area contributed by atoms with Crippen LogP contribution in [-0.4, -0.2) is 48.9 Å². The van der Waals surface area contributed by atoms with Crippen molar-refractivity contribution in [3.63, 3.8) is 0 Å². The first kappa shape index (κ1) is 14.8. The quantitative estimate of drug-likeness (QED) is 0.860. The average molecular weight is 279 g/mol. The SMILES string of the molecule is Cc1c(N)cc(C(=O)N(C)CC2CCCN2C)cc1F. The van der Waals surface area contributed by atoms with Crippen LogP contribution < -0.4 is 5.73 Å². The van der Waals surface area contributed by atoms with E-state index in [9.17, 15) is 9.18 Å². The Morgan fingerprint density at radius 2 is 2.25 bits per heavy atom. The number of rotatable bonds is 3. The first-order chi connectivity index (χ1) is 9.40. The number of nitrogen functional groups attached to an aromatic ring is 1. The van der Waals surface area contributed by atoms with E-state index in [0.717, 1.165) is 19.4 Å². The fraction of sp³-hybridized carbons (Fsp3) is 0.533. The lowest BCUT2D eigenvalue weighted by molar-refractivity contribution is 0.0761. The summed E-state index contributed by atoms with van der Waals surface area (Å²) in [6.07, 6.45) is 2.26. The van der Waals surface area contributed by atoms with Crippen molar-refractivity contribution in [2.75, 3.05) is 32.9 Å². The van der Waals surface area contributed by atoms with Crippen molar-refractivity contribution in [2.45, 2.75) is 25.8 Å². The zero-order valence-electron chi connectivity index (χ0n) is 12.3. The first-order valence-corrected chi connectivity index (χ1v) is 6.91. The molecule has 1 fully saturated rings. The second-order valence-electron chi connectivity index (χ2n) is 5.63. The van der Waals surface area contributed by atoms with E-state index in [1.807, 2.05) is 0 Å². The van der Waals surface area contributed by atoms with Gasteiger partial charge in [-0.3, -0.25) is 4.79 Å². The fourth-order valence-corrected chi connectivity index (χ4v) is 2.65. The summed E-state index contributed by atoms with van der Waals surface area (Å²) in [5.74, 6) is -0.615. The molecule has 1 heterocycles. The Balaban J connectivity index is 2.10. The van der Waals surface area contributed by atoms with E-state index < -0.39 is 5.82 Å². The van der Waals surface area contributed by atoms with Crippen LogP contribution in [-0.2, 0) is 0 Å². The van der Waals surface area contributed by atoms with E-state index in [2.05, 4.69) is 11.9 Å². The lowest BCUT2D eigenvalue weighted by atomic mass is 10.1. The summed E-state index contributed by atoms with van der Waals surface area (Å²) in [6, 6.07) is 3.20.